The van der Waals surface area contributed by atoms with Crippen molar-refractivity contribution in [2.75, 3.05) is 0 Å². The van der Waals surface area contributed by atoms with E-state index in [9.17, 15) is 0 Å². The second-order valence-electron chi connectivity index (χ2n) is 4.47. The average molecular weight is 458 g/mol. The zero-order chi connectivity index (χ0) is 15.0. The minimum absolute atomic E-state index is 0. The van der Waals surface area contributed by atoms with Crippen LogP contribution in [0.1, 0.15) is 19.4 Å². The van der Waals surface area contributed by atoms with Gasteiger partial charge in [-0.15, -0.1) is 35.9 Å². The number of pyridine rings is 1. The first kappa shape index (κ1) is 19.3. The Balaban J connectivity index is 0.000000436. The van der Waals surface area contributed by atoms with Crippen LogP contribution in [0, 0.1) is 19.6 Å². The molecule has 2 rings (SSSR count). The predicted molar refractivity (Wildman–Crippen MR) is 83.1 cm³/mol. The van der Waals surface area contributed by atoms with E-state index in [4.69, 9.17) is 11.7 Å². The molecule has 0 bridgehead atoms. The molecule has 1 N–H and O–H groups in total. The number of aryl methyl sites for hydroxylation is 1. The van der Waals surface area contributed by atoms with E-state index in [1.807, 2.05) is 36.5 Å². The van der Waals surface area contributed by atoms with Crippen molar-refractivity contribution in [3.8, 4) is 11.3 Å². The molecule has 21 heavy (non-hydrogen) atoms. The molecule has 0 fully saturated rings. The van der Waals surface area contributed by atoms with E-state index in [2.05, 4.69) is 24.0 Å². The second kappa shape index (κ2) is 10.1. The van der Waals surface area contributed by atoms with Gasteiger partial charge in [-0.25, -0.2) is 5.57 Å². The van der Waals surface area contributed by atoms with E-state index >= 15 is 0 Å². The summed E-state index contributed by atoms with van der Waals surface area (Å²) < 4.78 is 0. The Morgan fingerprint density at radius 2 is 1.95 bits per heavy atom. The number of rotatable bonds is 2. The van der Waals surface area contributed by atoms with E-state index in [-0.39, 0.29) is 25.9 Å². The number of allylic oxidation sites excluding steroid dienone is 3. The Morgan fingerprint density at radius 1 is 1.24 bits per heavy atom. The molecule has 1 aromatic carbocycles. The molecular weight excluding hydrogens is 438 g/mol. The maximum atomic E-state index is 8.48. The zero-order valence-corrected chi connectivity index (χ0v) is 14.8. The summed E-state index contributed by atoms with van der Waals surface area (Å²) in [6.07, 6.45) is 3.31. The minimum atomic E-state index is 0. The van der Waals surface area contributed by atoms with Crippen molar-refractivity contribution in [1.82, 2.24) is 4.98 Å². The summed E-state index contributed by atoms with van der Waals surface area (Å²) in [5.74, 6) is 0.250. The molecule has 0 unspecified atom stereocenters. The van der Waals surface area contributed by atoms with E-state index in [1.54, 1.807) is 13.8 Å². The summed E-state index contributed by atoms with van der Waals surface area (Å²) in [5.41, 5.74) is 3.88. The van der Waals surface area contributed by atoms with Crippen LogP contribution in [0.25, 0.3) is 11.3 Å². The van der Waals surface area contributed by atoms with Crippen molar-refractivity contribution in [3.05, 3.63) is 78.2 Å². The van der Waals surface area contributed by atoms with Crippen LogP contribution in [-0.4, -0.2) is 10.1 Å². The number of hydrogen-bond acceptors (Lipinski definition) is 2. The Bertz CT molecular complexity index is 587. The number of nitrogens with zero attached hydrogens (tertiary/aromatic N) is 1. The topological polar surface area (TPSA) is 33.1 Å². The monoisotopic (exact) mass is 458 g/mol. The fourth-order valence-corrected chi connectivity index (χ4v) is 1.64. The maximum absolute atomic E-state index is 8.48. The molecule has 0 aliphatic carbocycles. The van der Waals surface area contributed by atoms with Crippen molar-refractivity contribution < 1.29 is 25.2 Å². The van der Waals surface area contributed by atoms with Crippen molar-refractivity contribution in [3.63, 3.8) is 0 Å². The summed E-state index contributed by atoms with van der Waals surface area (Å²) in [7, 11) is 0. The van der Waals surface area contributed by atoms with Crippen LogP contribution in [0.2, 0.25) is 0 Å². The van der Waals surface area contributed by atoms with Gasteiger partial charge in [-0.1, -0.05) is 18.6 Å². The molecule has 0 saturated carbocycles. The van der Waals surface area contributed by atoms with Gasteiger partial charge >= 0.3 is 0 Å². The number of benzene rings is 1. The molecule has 0 aliphatic rings. The largest absolute Gasteiger partial charge is 0.531 e. The minimum Gasteiger partial charge on any atom is -0.531 e. The van der Waals surface area contributed by atoms with E-state index in [0.717, 1.165) is 11.3 Å². The van der Waals surface area contributed by atoms with Gasteiger partial charge in [0, 0.05) is 32.1 Å². The van der Waals surface area contributed by atoms with Crippen LogP contribution in [0.4, 0.5) is 0 Å². The molecule has 3 heteroatoms. The van der Waals surface area contributed by atoms with Crippen LogP contribution in [-0.2, 0) is 20.1 Å². The smallest absolute Gasteiger partial charge is 0.0160 e. The second-order valence-corrected chi connectivity index (χ2v) is 4.47. The van der Waals surface area contributed by atoms with Crippen molar-refractivity contribution >= 4 is 0 Å². The van der Waals surface area contributed by atoms with Crippen LogP contribution in [0.15, 0.2) is 60.0 Å². The molecule has 1 aromatic heterocycles. The third-order valence-electron chi connectivity index (χ3n) is 2.41. The van der Waals surface area contributed by atoms with Gasteiger partial charge in [0.15, 0.2) is 0 Å². The first-order chi connectivity index (χ1) is 9.50. The van der Waals surface area contributed by atoms with Gasteiger partial charge in [0.1, 0.15) is 0 Å². The summed E-state index contributed by atoms with van der Waals surface area (Å²) in [5, 5.41) is 8.48. The van der Waals surface area contributed by atoms with Gasteiger partial charge in [-0.05, 0) is 25.6 Å². The first-order valence-electron chi connectivity index (χ1n) is 6.35. The van der Waals surface area contributed by atoms with Gasteiger partial charge in [0.2, 0.25) is 0 Å². The van der Waals surface area contributed by atoms with E-state index in [0.29, 0.717) is 5.57 Å². The van der Waals surface area contributed by atoms with Gasteiger partial charge in [0.05, 0.1) is 0 Å². The van der Waals surface area contributed by atoms with Gasteiger partial charge in [0.25, 0.3) is 0 Å². The molecule has 1 radical (unpaired) electrons. The molecule has 2 nitrogen and oxygen atoms in total. The molecule has 0 atom stereocenters. The number of aliphatic hydroxyl groups excluding tert-OH is 1. The van der Waals surface area contributed by atoms with Gasteiger partial charge < -0.3 is 10.1 Å². The molecule has 0 spiro atoms. The zero-order valence-electron chi connectivity index (χ0n) is 12.4. The summed E-state index contributed by atoms with van der Waals surface area (Å²) in [4.78, 5) is 4.32. The number of aliphatic hydroxyl groups is 1. The Labute approximate surface area is 140 Å². The average Bonchev–Trinajstić information content (AvgIpc) is 2.39. The van der Waals surface area contributed by atoms with Crippen LogP contribution in [0.3, 0.4) is 0 Å². The third-order valence-corrected chi connectivity index (χ3v) is 2.41. The quantitative estimate of drug-likeness (QED) is 0.404. The molecule has 0 aliphatic heterocycles. The SMILES string of the molecule is Cc1cccnc1-c1[c-]cccc1.[CH-]=C(C)C=C(C)O.[Ir]. The third kappa shape index (κ3) is 7.60. The summed E-state index contributed by atoms with van der Waals surface area (Å²) in [6.45, 7) is 10.5. The molecule has 0 amide bonds. The fourth-order valence-electron chi connectivity index (χ4n) is 1.64. The van der Waals surface area contributed by atoms with E-state index in [1.165, 1.54) is 11.6 Å². The van der Waals surface area contributed by atoms with Crippen LogP contribution in [0.5, 0.6) is 0 Å². The predicted octanol–water partition coefficient (Wildman–Crippen LogP) is 4.68. The fraction of sp³-hybridized carbons (Fsp3) is 0.167. The van der Waals surface area contributed by atoms with E-state index < -0.39 is 0 Å². The summed E-state index contributed by atoms with van der Waals surface area (Å²) in [6, 6.07) is 15.1. The first-order valence-corrected chi connectivity index (χ1v) is 6.35. The molecule has 0 saturated heterocycles. The van der Waals surface area contributed by atoms with Crippen molar-refractivity contribution in [2.45, 2.75) is 20.8 Å². The molecule has 1 heterocycles. The van der Waals surface area contributed by atoms with Crippen molar-refractivity contribution in [1.29, 1.82) is 0 Å². The maximum Gasteiger partial charge on any atom is 0.0160 e. The normalized spacial score (nSPS) is 9.95. The van der Waals surface area contributed by atoms with Crippen LogP contribution < -0.4 is 0 Å². The van der Waals surface area contributed by atoms with Gasteiger partial charge in [-0.3, -0.25) is 6.58 Å². The number of hydrogen-bond donors (Lipinski definition) is 1. The number of aromatic nitrogens is 1. The standard InChI is InChI=1S/C12H10N.C6H9O.Ir/c1-10-6-5-9-13-12(10)11-7-3-2-4-8-11;1-5(2)4-6(3)7;/h2-7,9H,1H3;1,4,7H,2-3H3;/q2*-1;. The van der Waals surface area contributed by atoms with Crippen LogP contribution >= 0.6 is 0 Å². The Morgan fingerprint density at radius 3 is 2.38 bits per heavy atom. The molecule has 113 valence electrons. The molecular formula is C18H19IrNO-2. The van der Waals surface area contributed by atoms with Gasteiger partial charge in [-0.2, -0.15) is 6.08 Å². The Hall–Kier alpha value is -1.70. The molecule has 2 aromatic rings. The summed E-state index contributed by atoms with van der Waals surface area (Å²) >= 11 is 0. The van der Waals surface area contributed by atoms with Crippen molar-refractivity contribution in [2.24, 2.45) is 0 Å². The Kier molecular flexibility index (Phi) is 9.27.